The van der Waals surface area contributed by atoms with E-state index in [2.05, 4.69) is 41.0 Å². The van der Waals surface area contributed by atoms with E-state index >= 15 is 0 Å². The minimum Gasteiger partial charge on any atom is -0.357 e. The number of rotatable bonds is 8. The van der Waals surface area contributed by atoms with Crippen LogP contribution in [-0.4, -0.2) is 49.9 Å². The first kappa shape index (κ1) is 21.5. The lowest BCUT2D eigenvalue weighted by molar-refractivity contribution is -0.140. The third kappa shape index (κ3) is 5.05. The van der Waals surface area contributed by atoms with E-state index in [9.17, 15) is 9.59 Å². The highest BCUT2D eigenvalue weighted by Crippen LogP contribution is 2.18. The molecule has 2 amide bonds. The van der Waals surface area contributed by atoms with Crippen molar-refractivity contribution in [3.8, 4) is 0 Å². The summed E-state index contributed by atoms with van der Waals surface area (Å²) in [5.41, 5.74) is 2.09. The molecule has 0 heterocycles. The summed E-state index contributed by atoms with van der Waals surface area (Å²) in [5.74, 6) is -0.273. The standard InChI is InChI=1S/C25H29N3O2/c1-26-22(16-19-13-14-20-11-7-8-12-21(20)15-19)25(30)28(3)23(24(29)27-2)17-18-9-5-4-6-10-18/h4-15,22-23,26H,16-17H2,1-3H3,(H,27,29)/t22-,23+/m0/s1. The normalized spacial score (nSPS) is 12.9. The zero-order valence-electron chi connectivity index (χ0n) is 17.8. The Labute approximate surface area is 178 Å². The van der Waals surface area contributed by atoms with Gasteiger partial charge >= 0.3 is 0 Å². The van der Waals surface area contributed by atoms with Gasteiger partial charge in [0.1, 0.15) is 6.04 Å². The molecule has 0 spiro atoms. The third-order valence-corrected chi connectivity index (χ3v) is 5.54. The average Bonchev–Trinajstić information content (AvgIpc) is 2.80. The molecule has 3 aromatic carbocycles. The summed E-state index contributed by atoms with van der Waals surface area (Å²) in [6.07, 6.45) is 1.02. The molecule has 0 aromatic heterocycles. The molecule has 0 radical (unpaired) electrons. The fourth-order valence-electron chi connectivity index (χ4n) is 3.72. The van der Waals surface area contributed by atoms with Crippen molar-refractivity contribution < 1.29 is 9.59 Å². The lowest BCUT2D eigenvalue weighted by atomic mass is 9.99. The molecule has 0 aliphatic carbocycles. The number of benzene rings is 3. The maximum Gasteiger partial charge on any atom is 0.242 e. The quantitative estimate of drug-likeness (QED) is 0.608. The van der Waals surface area contributed by atoms with Crippen LogP contribution in [0.3, 0.4) is 0 Å². The second-order valence-corrected chi connectivity index (χ2v) is 7.50. The number of nitrogens with zero attached hydrogens (tertiary/aromatic N) is 1. The van der Waals surface area contributed by atoms with Crippen LogP contribution in [0.15, 0.2) is 72.8 Å². The van der Waals surface area contributed by atoms with E-state index in [1.165, 1.54) is 5.39 Å². The molecule has 2 atom stereocenters. The van der Waals surface area contributed by atoms with Gasteiger partial charge in [0, 0.05) is 20.5 Å². The van der Waals surface area contributed by atoms with Crippen molar-refractivity contribution in [3.05, 3.63) is 83.9 Å². The van der Waals surface area contributed by atoms with Crippen molar-refractivity contribution in [2.45, 2.75) is 24.9 Å². The van der Waals surface area contributed by atoms with Gasteiger partial charge in [-0.2, -0.15) is 0 Å². The van der Waals surface area contributed by atoms with Crippen LogP contribution in [0, 0.1) is 0 Å². The molecule has 0 fully saturated rings. The SMILES string of the molecule is CNC(=O)[C@@H](Cc1ccccc1)N(C)C(=O)[C@H](Cc1ccc2ccccc2c1)NC. The summed E-state index contributed by atoms with van der Waals surface area (Å²) < 4.78 is 0. The lowest BCUT2D eigenvalue weighted by Gasteiger charge is -2.30. The van der Waals surface area contributed by atoms with Crippen molar-refractivity contribution >= 4 is 22.6 Å². The molecule has 156 valence electrons. The van der Waals surface area contributed by atoms with Crippen molar-refractivity contribution in [3.63, 3.8) is 0 Å². The second-order valence-electron chi connectivity index (χ2n) is 7.50. The van der Waals surface area contributed by atoms with Crippen LogP contribution < -0.4 is 10.6 Å². The maximum absolute atomic E-state index is 13.3. The van der Waals surface area contributed by atoms with Gasteiger partial charge in [-0.05, 0) is 35.4 Å². The fraction of sp³-hybridized carbons (Fsp3) is 0.280. The molecular formula is C25H29N3O2. The lowest BCUT2D eigenvalue weighted by Crippen LogP contribution is -2.53. The Morgan fingerprint density at radius 3 is 2.17 bits per heavy atom. The summed E-state index contributed by atoms with van der Waals surface area (Å²) in [6, 6.07) is 23.2. The van der Waals surface area contributed by atoms with Crippen molar-refractivity contribution in [2.24, 2.45) is 0 Å². The first-order chi connectivity index (χ1) is 14.5. The van der Waals surface area contributed by atoms with E-state index in [0.717, 1.165) is 16.5 Å². The van der Waals surface area contributed by atoms with E-state index in [4.69, 9.17) is 0 Å². The molecule has 2 N–H and O–H groups in total. The molecule has 0 bridgehead atoms. The zero-order chi connectivity index (χ0) is 21.5. The van der Waals surface area contributed by atoms with E-state index in [1.54, 1.807) is 26.0 Å². The summed E-state index contributed by atoms with van der Waals surface area (Å²) in [5, 5.41) is 8.15. The number of nitrogens with one attached hydrogen (secondary N) is 2. The van der Waals surface area contributed by atoms with Gasteiger partial charge in [-0.1, -0.05) is 72.8 Å². The molecule has 3 aromatic rings. The Morgan fingerprint density at radius 1 is 0.833 bits per heavy atom. The minimum atomic E-state index is -0.572. The first-order valence-corrected chi connectivity index (χ1v) is 10.2. The van der Waals surface area contributed by atoms with Crippen LogP contribution in [0.25, 0.3) is 10.8 Å². The van der Waals surface area contributed by atoms with Crippen molar-refractivity contribution in [1.82, 2.24) is 15.5 Å². The molecule has 5 heteroatoms. The van der Waals surface area contributed by atoms with Gasteiger partial charge in [0.05, 0.1) is 6.04 Å². The van der Waals surface area contributed by atoms with Crippen LogP contribution in [-0.2, 0) is 22.4 Å². The van der Waals surface area contributed by atoms with Crippen LogP contribution in [0.4, 0.5) is 0 Å². The smallest absolute Gasteiger partial charge is 0.242 e. The highest BCUT2D eigenvalue weighted by Gasteiger charge is 2.30. The summed E-state index contributed by atoms with van der Waals surface area (Å²) in [6.45, 7) is 0. The summed E-state index contributed by atoms with van der Waals surface area (Å²) in [7, 11) is 5.09. The molecule has 0 aliphatic rings. The second kappa shape index (κ2) is 10.0. The van der Waals surface area contributed by atoms with Crippen LogP contribution in [0.1, 0.15) is 11.1 Å². The number of likely N-dealkylation sites (N-methyl/N-ethyl adjacent to an activating group) is 3. The van der Waals surface area contributed by atoms with Crippen LogP contribution in [0.2, 0.25) is 0 Å². The molecule has 0 unspecified atom stereocenters. The number of fused-ring (bicyclic) bond motifs is 1. The number of amides is 2. The van der Waals surface area contributed by atoms with Crippen molar-refractivity contribution in [2.75, 3.05) is 21.1 Å². The number of hydrogen-bond donors (Lipinski definition) is 2. The van der Waals surface area contributed by atoms with Gasteiger partial charge in [0.2, 0.25) is 11.8 Å². The monoisotopic (exact) mass is 403 g/mol. The average molecular weight is 404 g/mol. The molecule has 30 heavy (non-hydrogen) atoms. The predicted molar refractivity (Wildman–Crippen MR) is 121 cm³/mol. The number of hydrogen-bond acceptors (Lipinski definition) is 3. The molecule has 0 aliphatic heterocycles. The van der Waals surface area contributed by atoms with Crippen LogP contribution in [0.5, 0.6) is 0 Å². The van der Waals surface area contributed by atoms with Crippen molar-refractivity contribution in [1.29, 1.82) is 0 Å². The number of carbonyl (C=O) groups excluding carboxylic acids is 2. The van der Waals surface area contributed by atoms with E-state index in [0.29, 0.717) is 12.8 Å². The third-order valence-electron chi connectivity index (χ3n) is 5.54. The Kier molecular flexibility index (Phi) is 7.20. The largest absolute Gasteiger partial charge is 0.357 e. The predicted octanol–water partition coefficient (Wildman–Crippen LogP) is 2.79. The highest BCUT2D eigenvalue weighted by molar-refractivity contribution is 5.90. The first-order valence-electron chi connectivity index (χ1n) is 10.2. The molecule has 3 rings (SSSR count). The van der Waals surface area contributed by atoms with Crippen LogP contribution >= 0.6 is 0 Å². The molecule has 0 saturated heterocycles. The Morgan fingerprint density at radius 2 is 1.50 bits per heavy atom. The van der Waals surface area contributed by atoms with E-state index in [1.807, 2.05) is 42.5 Å². The summed E-state index contributed by atoms with van der Waals surface area (Å²) in [4.78, 5) is 27.4. The zero-order valence-corrected chi connectivity index (χ0v) is 17.8. The minimum absolute atomic E-state index is 0.102. The van der Waals surface area contributed by atoms with Gasteiger partial charge in [-0.15, -0.1) is 0 Å². The van der Waals surface area contributed by atoms with Gasteiger partial charge < -0.3 is 15.5 Å². The molecular weight excluding hydrogens is 374 g/mol. The van der Waals surface area contributed by atoms with Gasteiger partial charge in [0.25, 0.3) is 0 Å². The molecule has 5 nitrogen and oxygen atoms in total. The fourth-order valence-corrected chi connectivity index (χ4v) is 3.72. The topological polar surface area (TPSA) is 61.4 Å². The van der Waals surface area contributed by atoms with Gasteiger partial charge in [-0.25, -0.2) is 0 Å². The molecule has 0 saturated carbocycles. The summed E-state index contributed by atoms with van der Waals surface area (Å²) >= 11 is 0. The maximum atomic E-state index is 13.3. The Bertz CT molecular complexity index is 1000. The van der Waals surface area contributed by atoms with E-state index in [-0.39, 0.29) is 11.8 Å². The van der Waals surface area contributed by atoms with Gasteiger partial charge in [0.15, 0.2) is 0 Å². The Hall–Kier alpha value is -3.18. The highest BCUT2D eigenvalue weighted by atomic mass is 16.2. The Balaban J connectivity index is 1.78. The van der Waals surface area contributed by atoms with E-state index < -0.39 is 12.1 Å². The number of carbonyl (C=O) groups is 2. The van der Waals surface area contributed by atoms with Gasteiger partial charge in [-0.3, -0.25) is 9.59 Å².